The zero-order chi connectivity index (χ0) is 14.0. The van der Waals surface area contributed by atoms with E-state index in [0.29, 0.717) is 0 Å². The van der Waals surface area contributed by atoms with Crippen molar-refractivity contribution >= 4 is 23.2 Å². The van der Waals surface area contributed by atoms with Crippen LogP contribution in [0, 0.1) is 5.41 Å². The lowest BCUT2D eigenvalue weighted by molar-refractivity contribution is 0.0147. The molecule has 0 amide bonds. The lowest BCUT2D eigenvalue weighted by atomic mass is 9.75. The molecule has 4 heteroatoms. The Bertz CT molecular complexity index is 468. The molecule has 1 N–H and O–H groups in total. The van der Waals surface area contributed by atoms with Gasteiger partial charge in [0.2, 0.25) is 0 Å². The van der Waals surface area contributed by atoms with Crippen molar-refractivity contribution in [2.75, 3.05) is 19.8 Å². The standard InChI is InChI=1S/C16H21Cl2NO/c17-13-1-4-15(18)12(9-13)10-16(5-7-20-8-6-16)11-19-14-2-3-14/h1,4,9,14,19H,2-3,5-8,10-11H2. The van der Waals surface area contributed by atoms with Crippen molar-refractivity contribution < 1.29 is 4.74 Å². The third-order valence-corrected chi connectivity index (χ3v) is 5.07. The van der Waals surface area contributed by atoms with Crippen LogP contribution in [0.4, 0.5) is 0 Å². The highest BCUT2D eigenvalue weighted by Gasteiger charge is 2.35. The minimum absolute atomic E-state index is 0.259. The molecule has 1 saturated carbocycles. The number of rotatable bonds is 5. The summed E-state index contributed by atoms with van der Waals surface area (Å²) in [5, 5.41) is 5.28. The zero-order valence-corrected chi connectivity index (χ0v) is 13.1. The van der Waals surface area contributed by atoms with E-state index in [1.54, 1.807) is 0 Å². The van der Waals surface area contributed by atoms with Crippen molar-refractivity contribution in [3.05, 3.63) is 33.8 Å². The second-order valence-corrected chi connectivity index (χ2v) is 7.02. The molecule has 1 aliphatic carbocycles. The SMILES string of the molecule is Clc1ccc(Cl)c(CC2(CNC3CC3)CCOCC2)c1. The van der Waals surface area contributed by atoms with Gasteiger partial charge in [0.05, 0.1) is 0 Å². The van der Waals surface area contributed by atoms with E-state index in [4.69, 9.17) is 27.9 Å². The topological polar surface area (TPSA) is 21.3 Å². The van der Waals surface area contributed by atoms with Gasteiger partial charge in [-0.15, -0.1) is 0 Å². The van der Waals surface area contributed by atoms with Gasteiger partial charge in [0, 0.05) is 35.8 Å². The smallest absolute Gasteiger partial charge is 0.0471 e. The molecule has 0 bridgehead atoms. The molecule has 0 atom stereocenters. The molecule has 1 heterocycles. The second kappa shape index (κ2) is 6.23. The Labute approximate surface area is 130 Å². The van der Waals surface area contributed by atoms with Crippen LogP contribution in [0.1, 0.15) is 31.2 Å². The van der Waals surface area contributed by atoms with Crippen LogP contribution in [-0.2, 0) is 11.2 Å². The Morgan fingerprint density at radius 3 is 2.65 bits per heavy atom. The first-order valence-electron chi connectivity index (χ1n) is 7.42. The number of hydrogen-bond acceptors (Lipinski definition) is 2. The Kier molecular flexibility index (Phi) is 4.56. The monoisotopic (exact) mass is 313 g/mol. The van der Waals surface area contributed by atoms with Gasteiger partial charge in [0.25, 0.3) is 0 Å². The first-order valence-corrected chi connectivity index (χ1v) is 8.18. The molecule has 20 heavy (non-hydrogen) atoms. The number of ether oxygens (including phenoxy) is 1. The van der Waals surface area contributed by atoms with Crippen molar-refractivity contribution in [3.8, 4) is 0 Å². The van der Waals surface area contributed by atoms with Gasteiger partial charge in [-0.25, -0.2) is 0 Å². The summed E-state index contributed by atoms with van der Waals surface area (Å²) in [4.78, 5) is 0. The summed E-state index contributed by atoms with van der Waals surface area (Å²) in [6.07, 6.45) is 5.82. The molecule has 1 saturated heterocycles. The van der Waals surface area contributed by atoms with Gasteiger partial charge in [0.1, 0.15) is 0 Å². The number of halogens is 2. The van der Waals surface area contributed by atoms with Gasteiger partial charge in [-0.1, -0.05) is 23.2 Å². The van der Waals surface area contributed by atoms with E-state index in [-0.39, 0.29) is 5.41 Å². The molecule has 1 aromatic carbocycles. The largest absolute Gasteiger partial charge is 0.381 e. The van der Waals surface area contributed by atoms with Gasteiger partial charge in [-0.2, -0.15) is 0 Å². The molecular formula is C16H21Cl2NO. The fourth-order valence-electron chi connectivity index (χ4n) is 2.95. The van der Waals surface area contributed by atoms with Gasteiger partial charge in [0.15, 0.2) is 0 Å². The summed E-state index contributed by atoms with van der Waals surface area (Å²) in [6, 6.07) is 6.51. The maximum absolute atomic E-state index is 6.34. The fourth-order valence-corrected chi connectivity index (χ4v) is 3.33. The summed E-state index contributed by atoms with van der Waals surface area (Å²) < 4.78 is 5.55. The zero-order valence-electron chi connectivity index (χ0n) is 11.6. The van der Waals surface area contributed by atoms with Gasteiger partial charge in [-0.3, -0.25) is 0 Å². The van der Waals surface area contributed by atoms with Gasteiger partial charge >= 0.3 is 0 Å². The normalized spacial score (nSPS) is 21.9. The highest BCUT2D eigenvalue weighted by Crippen LogP contribution is 2.37. The fraction of sp³-hybridized carbons (Fsp3) is 0.625. The molecule has 2 fully saturated rings. The molecule has 0 radical (unpaired) electrons. The average molecular weight is 314 g/mol. The van der Waals surface area contributed by atoms with E-state index in [2.05, 4.69) is 5.32 Å². The molecule has 0 unspecified atom stereocenters. The van der Waals surface area contributed by atoms with Crippen LogP contribution < -0.4 is 5.32 Å². The van der Waals surface area contributed by atoms with Crippen molar-refractivity contribution in [1.82, 2.24) is 5.32 Å². The molecule has 110 valence electrons. The Balaban J connectivity index is 1.75. The first-order chi connectivity index (χ1) is 9.67. The molecule has 0 aromatic heterocycles. The molecule has 3 rings (SSSR count). The van der Waals surface area contributed by atoms with E-state index in [9.17, 15) is 0 Å². The maximum Gasteiger partial charge on any atom is 0.0471 e. The summed E-state index contributed by atoms with van der Waals surface area (Å²) in [6.45, 7) is 2.76. The third-order valence-electron chi connectivity index (χ3n) is 4.47. The predicted molar refractivity (Wildman–Crippen MR) is 83.7 cm³/mol. The molecule has 2 aliphatic rings. The minimum atomic E-state index is 0.259. The average Bonchev–Trinajstić information content (AvgIpc) is 3.26. The quantitative estimate of drug-likeness (QED) is 0.884. The van der Waals surface area contributed by atoms with Crippen LogP contribution in [0.2, 0.25) is 10.0 Å². The third kappa shape index (κ3) is 3.67. The van der Waals surface area contributed by atoms with Crippen LogP contribution in [0.5, 0.6) is 0 Å². The van der Waals surface area contributed by atoms with Crippen LogP contribution >= 0.6 is 23.2 Å². The van der Waals surface area contributed by atoms with E-state index in [1.807, 2.05) is 18.2 Å². The summed E-state index contributed by atoms with van der Waals surface area (Å²) in [7, 11) is 0. The molecule has 2 nitrogen and oxygen atoms in total. The summed E-state index contributed by atoms with van der Waals surface area (Å²) in [5.41, 5.74) is 1.42. The Morgan fingerprint density at radius 1 is 1.20 bits per heavy atom. The second-order valence-electron chi connectivity index (χ2n) is 6.18. The number of benzene rings is 1. The first kappa shape index (κ1) is 14.6. The van der Waals surface area contributed by atoms with E-state index in [0.717, 1.165) is 55.1 Å². The van der Waals surface area contributed by atoms with Crippen molar-refractivity contribution in [3.63, 3.8) is 0 Å². The molecular weight excluding hydrogens is 293 g/mol. The molecule has 0 spiro atoms. The van der Waals surface area contributed by atoms with Crippen molar-refractivity contribution in [1.29, 1.82) is 0 Å². The number of nitrogens with one attached hydrogen (secondary N) is 1. The highest BCUT2D eigenvalue weighted by molar-refractivity contribution is 6.33. The van der Waals surface area contributed by atoms with Crippen LogP contribution in [0.15, 0.2) is 18.2 Å². The molecule has 1 aliphatic heterocycles. The van der Waals surface area contributed by atoms with E-state index < -0.39 is 0 Å². The van der Waals surface area contributed by atoms with Crippen LogP contribution in [-0.4, -0.2) is 25.8 Å². The van der Waals surface area contributed by atoms with Crippen LogP contribution in [0.3, 0.4) is 0 Å². The lowest BCUT2D eigenvalue weighted by Crippen LogP contribution is -2.41. The van der Waals surface area contributed by atoms with Crippen molar-refractivity contribution in [2.24, 2.45) is 5.41 Å². The van der Waals surface area contributed by atoms with Gasteiger partial charge < -0.3 is 10.1 Å². The van der Waals surface area contributed by atoms with Crippen LogP contribution in [0.25, 0.3) is 0 Å². The maximum atomic E-state index is 6.34. The minimum Gasteiger partial charge on any atom is -0.381 e. The van der Waals surface area contributed by atoms with Crippen molar-refractivity contribution in [2.45, 2.75) is 38.1 Å². The van der Waals surface area contributed by atoms with Gasteiger partial charge in [-0.05, 0) is 61.3 Å². The Morgan fingerprint density at radius 2 is 1.95 bits per heavy atom. The van der Waals surface area contributed by atoms with E-state index in [1.165, 1.54) is 18.4 Å². The summed E-state index contributed by atoms with van der Waals surface area (Å²) in [5.74, 6) is 0. The lowest BCUT2D eigenvalue weighted by Gasteiger charge is -2.38. The Hall–Kier alpha value is -0.280. The predicted octanol–water partition coefficient (Wildman–Crippen LogP) is 4.08. The summed E-state index contributed by atoms with van der Waals surface area (Å²) >= 11 is 12.5. The number of hydrogen-bond donors (Lipinski definition) is 1. The molecule has 1 aromatic rings. The highest BCUT2D eigenvalue weighted by atomic mass is 35.5. The van der Waals surface area contributed by atoms with E-state index >= 15 is 0 Å².